The smallest absolute Gasteiger partial charge is 0.200 e. The number of phenolic OH excluding ortho intramolecular Hbond substituents is 1. The van der Waals surface area contributed by atoms with Gasteiger partial charge in [0.15, 0.2) is 5.43 Å². The van der Waals surface area contributed by atoms with E-state index in [0.29, 0.717) is 27.7 Å². The Balaban J connectivity index is 2.22. The fourth-order valence-corrected chi connectivity index (χ4v) is 2.04. The molecule has 0 radical (unpaired) electrons. The first kappa shape index (κ1) is 12.0. The Bertz CT molecular complexity index is 886. The molecule has 0 aliphatic carbocycles. The van der Waals surface area contributed by atoms with E-state index < -0.39 is 0 Å². The molecule has 1 N–H and O–H groups in total. The first-order chi connectivity index (χ1) is 9.69. The van der Waals surface area contributed by atoms with Gasteiger partial charge >= 0.3 is 0 Å². The van der Waals surface area contributed by atoms with Gasteiger partial charge in [-0.1, -0.05) is 12.1 Å². The second kappa shape index (κ2) is 4.56. The number of hydrogen-bond acceptors (Lipinski definition) is 4. The molecular formula is C16H9NO3. The molecule has 4 heteroatoms. The number of hydrogen-bond donors (Lipinski definition) is 1. The molecule has 0 amide bonds. The third kappa shape index (κ3) is 1.91. The van der Waals surface area contributed by atoms with Crippen LogP contribution in [0.15, 0.2) is 57.9 Å². The van der Waals surface area contributed by atoms with Gasteiger partial charge in [-0.3, -0.25) is 4.79 Å². The topological polar surface area (TPSA) is 74.2 Å². The lowest BCUT2D eigenvalue weighted by Crippen LogP contribution is -2.04. The van der Waals surface area contributed by atoms with E-state index in [2.05, 4.69) is 0 Å². The third-order valence-electron chi connectivity index (χ3n) is 3.08. The first-order valence-electron chi connectivity index (χ1n) is 5.94. The maximum Gasteiger partial charge on any atom is 0.200 e. The molecule has 0 atom stereocenters. The Morgan fingerprint density at radius 3 is 2.55 bits per heavy atom. The second-order valence-electron chi connectivity index (χ2n) is 4.35. The van der Waals surface area contributed by atoms with E-state index in [-0.39, 0.29) is 11.2 Å². The lowest BCUT2D eigenvalue weighted by atomic mass is 10.0. The van der Waals surface area contributed by atoms with Gasteiger partial charge in [-0.15, -0.1) is 0 Å². The van der Waals surface area contributed by atoms with E-state index in [9.17, 15) is 9.90 Å². The van der Waals surface area contributed by atoms with Crippen molar-refractivity contribution in [2.24, 2.45) is 0 Å². The van der Waals surface area contributed by atoms with Crippen LogP contribution in [0.2, 0.25) is 0 Å². The van der Waals surface area contributed by atoms with E-state index in [1.165, 1.54) is 24.5 Å². The summed E-state index contributed by atoms with van der Waals surface area (Å²) in [5.74, 6) is 0.0479. The van der Waals surface area contributed by atoms with Crippen LogP contribution in [-0.4, -0.2) is 5.11 Å². The molecule has 1 heterocycles. The molecule has 0 unspecified atom stereocenters. The summed E-state index contributed by atoms with van der Waals surface area (Å²) in [5, 5.41) is 18.5. The van der Waals surface area contributed by atoms with Gasteiger partial charge in [0, 0.05) is 6.07 Å². The number of nitrogens with zero attached hydrogens (tertiary/aromatic N) is 1. The van der Waals surface area contributed by atoms with Gasteiger partial charge in [-0.25, -0.2) is 0 Å². The van der Waals surface area contributed by atoms with Crippen molar-refractivity contribution in [1.82, 2.24) is 0 Å². The summed E-state index contributed by atoms with van der Waals surface area (Å²) in [6.07, 6.45) is 1.37. The number of phenols is 1. The quantitative estimate of drug-likeness (QED) is 0.732. The van der Waals surface area contributed by atoms with Gasteiger partial charge in [0.1, 0.15) is 17.6 Å². The Labute approximate surface area is 114 Å². The van der Waals surface area contributed by atoms with Crippen LogP contribution in [0.5, 0.6) is 5.75 Å². The highest BCUT2D eigenvalue weighted by Gasteiger charge is 2.09. The summed E-state index contributed by atoms with van der Waals surface area (Å²) in [6, 6.07) is 13.1. The van der Waals surface area contributed by atoms with Gasteiger partial charge in [0.25, 0.3) is 0 Å². The SMILES string of the molecule is N#Cc1ccc(-c2coc3cc(O)ccc3c2=O)cc1. The van der Waals surface area contributed by atoms with E-state index in [1.54, 1.807) is 24.3 Å². The minimum Gasteiger partial charge on any atom is -0.508 e. The molecule has 96 valence electrons. The highest BCUT2D eigenvalue weighted by Crippen LogP contribution is 2.22. The highest BCUT2D eigenvalue weighted by atomic mass is 16.3. The molecule has 4 nitrogen and oxygen atoms in total. The van der Waals surface area contributed by atoms with Crippen molar-refractivity contribution in [3.63, 3.8) is 0 Å². The Kier molecular flexibility index (Phi) is 2.73. The van der Waals surface area contributed by atoms with Crippen LogP contribution in [0.1, 0.15) is 5.56 Å². The van der Waals surface area contributed by atoms with Gasteiger partial charge < -0.3 is 9.52 Å². The van der Waals surface area contributed by atoms with Crippen molar-refractivity contribution in [2.45, 2.75) is 0 Å². The molecule has 0 fully saturated rings. The normalized spacial score (nSPS) is 10.3. The zero-order chi connectivity index (χ0) is 14.1. The van der Waals surface area contributed by atoms with Gasteiger partial charge in [-0.2, -0.15) is 5.26 Å². The zero-order valence-corrected chi connectivity index (χ0v) is 10.3. The molecule has 0 saturated heterocycles. The van der Waals surface area contributed by atoms with Gasteiger partial charge in [0.2, 0.25) is 0 Å². The maximum absolute atomic E-state index is 12.4. The lowest BCUT2D eigenvalue weighted by Gasteiger charge is -2.03. The number of nitriles is 1. The highest BCUT2D eigenvalue weighted by molar-refractivity contribution is 5.82. The molecule has 3 aromatic rings. The number of rotatable bonds is 1. The fourth-order valence-electron chi connectivity index (χ4n) is 2.04. The minimum absolute atomic E-state index is 0.0479. The van der Waals surface area contributed by atoms with Crippen molar-refractivity contribution < 1.29 is 9.52 Å². The van der Waals surface area contributed by atoms with Crippen molar-refractivity contribution >= 4 is 11.0 Å². The number of aromatic hydroxyl groups is 1. The van der Waals surface area contributed by atoms with Crippen LogP contribution in [-0.2, 0) is 0 Å². The maximum atomic E-state index is 12.4. The predicted molar refractivity (Wildman–Crippen MR) is 74.3 cm³/mol. The number of fused-ring (bicyclic) bond motifs is 1. The van der Waals surface area contributed by atoms with E-state index in [0.717, 1.165) is 0 Å². The Hall–Kier alpha value is -3.06. The van der Waals surface area contributed by atoms with Crippen molar-refractivity contribution in [2.75, 3.05) is 0 Å². The third-order valence-corrected chi connectivity index (χ3v) is 3.08. The Morgan fingerprint density at radius 1 is 1.10 bits per heavy atom. The first-order valence-corrected chi connectivity index (χ1v) is 5.94. The fraction of sp³-hybridized carbons (Fsp3) is 0. The molecule has 0 aliphatic rings. The van der Waals surface area contributed by atoms with Crippen LogP contribution in [0, 0.1) is 11.3 Å². The zero-order valence-electron chi connectivity index (χ0n) is 10.3. The van der Waals surface area contributed by atoms with Crippen molar-refractivity contribution in [3.05, 3.63) is 64.5 Å². The van der Waals surface area contributed by atoms with Crippen molar-refractivity contribution in [1.29, 1.82) is 5.26 Å². The molecule has 20 heavy (non-hydrogen) atoms. The van der Waals surface area contributed by atoms with Crippen LogP contribution in [0.3, 0.4) is 0 Å². The van der Waals surface area contributed by atoms with Crippen molar-refractivity contribution in [3.8, 4) is 22.9 Å². The molecule has 0 saturated carbocycles. The van der Waals surface area contributed by atoms with Crippen LogP contribution in [0.4, 0.5) is 0 Å². The lowest BCUT2D eigenvalue weighted by molar-refractivity contribution is 0.474. The standard InChI is InChI=1S/C16H9NO3/c17-8-10-1-3-11(4-2-10)14-9-20-15-7-12(18)5-6-13(15)16(14)19/h1-7,9,18H. The summed E-state index contributed by atoms with van der Waals surface area (Å²) in [6.45, 7) is 0. The van der Waals surface area contributed by atoms with E-state index in [4.69, 9.17) is 9.68 Å². The molecule has 2 aromatic carbocycles. The predicted octanol–water partition coefficient (Wildman–Crippen LogP) is 3.04. The summed E-state index contributed by atoms with van der Waals surface area (Å²) >= 11 is 0. The van der Waals surface area contributed by atoms with E-state index in [1.807, 2.05) is 6.07 Å². The Morgan fingerprint density at radius 2 is 1.85 bits per heavy atom. The minimum atomic E-state index is -0.170. The molecule has 0 bridgehead atoms. The van der Waals surface area contributed by atoms with Crippen LogP contribution in [0.25, 0.3) is 22.1 Å². The molecule has 0 aliphatic heterocycles. The summed E-state index contributed by atoms with van der Waals surface area (Å²) in [5.41, 5.74) is 1.81. The average Bonchev–Trinajstić information content (AvgIpc) is 2.48. The summed E-state index contributed by atoms with van der Waals surface area (Å²) < 4.78 is 5.39. The molecule has 3 rings (SSSR count). The van der Waals surface area contributed by atoms with Gasteiger partial charge in [-0.05, 0) is 29.8 Å². The average molecular weight is 263 g/mol. The summed E-state index contributed by atoms with van der Waals surface area (Å²) in [7, 11) is 0. The van der Waals surface area contributed by atoms with Crippen LogP contribution < -0.4 is 5.43 Å². The van der Waals surface area contributed by atoms with Gasteiger partial charge in [0.05, 0.1) is 22.6 Å². The monoisotopic (exact) mass is 263 g/mol. The molecule has 1 aromatic heterocycles. The second-order valence-corrected chi connectivity index (χ2v) is 4.35. The van der Waals surface area contributed by atoms with Crippen LogP contribution >= 0.6 is 0 Å². The molecule has 0 spiro atoms. The van der Waals surface area contributed by atoms with E-state index >= 15 is 0 Å². The largest absolute Gasteiger partial charge is 0.508 e. The number of benzene rings is 2. The molecular weight excluding hydrogens is 254 g/mol. The summed E-state index contributed by atoms with van der Waals surface area (Å²) in [4.78, 5) is 12.4.